The highest BCUT2D eigenvalue weighted by atomic mass is 19.1. The van der Waals surface area contributed by atoms with Gasteiger partial charge in [0.1, 0.15) is 5.82 Å². The number of carbonyl (C=O) groups is 2. The summed E-state index contributed by atoms with van der Waals surface area (Å²) in [5, 5.41) is 2.90. The third-order valence-electron chi connectivity index (χ3n) is 5.69. The van der Waals surface area contributed by atoms with Crippen molar-refractivity contribution in [2.45, 2.75) is 31.1 Å². The molecule has 2 aliphatic rings. The maximum Gasteiger partial charge on any atom is 0.225 e. The average Bonchev–Trinajstić information content (AvgIpc) is 2.72. The fraction of sp³-hybridized carbons (Fsp3) is 0.304. The molecule has 2 atom stereocenters. The van der Waals surface area contributed by atoms with Crippen LogP contribution in [0.4, 0.5) is 4.39 Å². The lowest BCUT2D eigenvalue weighted by atomic mass is 9.73. The minimum atomic E-state index is -0.384. The van der Waals surface area contributed by atoms with Crippen LogP contribution in [-0.4, -0.2) is 25.9 Å². The first-order valence-electron chi connectivity index (χ1n) is 9.54. The molecule has 4 rings (SSSR count). The lowest BCUT2D eigenvalue weighted by Gasteiger charge is -2.35. The van der Waals surface area contributed by atoms with Gasteiger partial charge in [0, 0.05) is 35.6 Å². The van der Waals surface area contributed by atoms with Crippen LogP contribution in [-0.2, 0) is 9.59 Å². The van der Waals surface area contributed by atoms with Crippen LogP contribution < -0.4 is 14.8 Å². The number of ketones is 1. The van der Waals surface area contributed by atoms with Crippen LogP contribution in [0.25, 0.3) is 0 Å². The van der Waals surface area contributed by atoms with Gasteiger partial charge < -0.3 is 14.8 Å². The predicted octanol–water partition coefficient (Wildman–Crippen LogP) is 3.85. The van der Waals surface area contributed by atoms with Crippen LogP contribution in [0.15, 0.2) is 53.7 Å². The minimum Gasteiger partial charge on any atom is -0.493 e. The molecule has 0 bridgehead atoms. The summed E-state index contributed by atoms with van der Waals surface area (Å²) in [5.41, 5.74) is 2.95. The number of hydrogen-bond acceptors (Lipinski definition) is 4. The number of methoxy groups -OCH3 is 2. The Balaban J connectivity index is 1.75. The molecule has 1 N–H and O–H groups in total. The number of Topliss-reactive ketones (excluding diaryl/α,β-unsaturated/α-hetero) is 1. The second-order valence-electron chi connectivity index (χ2n) is 7.36. The van der Waals surface area contributed by atoms with E-state index in [0.29, 0.717) is 35.6 Å². The molecule has 0 aromatic heterocycles. The quantitative estimate of drug-likeness (QED) is 0.854. The van der Waals surface area contributed by atoms with Gasteiger partial charge in [0.25, 0.3) is 0 Å². The van der Waals surface area contributed by atoms with Crippen molar-refractivity contribution >= 4 is 11.7 Å². The fourth-order valence-corrected chi connectivity index (χ4v) is 4.38. The standard InChI is InChI=1S/C23H22FNO4/c1-28-20-5-3-4-16(23(20)29-2)17-12-21(27)25-18-10-14(11-19(26)22(17)18)13-6-8-15(24)9-7-13/h3-9,14,17H,10-12H2,1-2H3,(H,25,27)/t14-,17-/m1/s1. The Bertz CT molecular complexity index is 996. The Morgan fingerprint density at radius 2 is 1.72 bits per heavy atom. The van der Waals surface area contributed by atoms with Gasteiger partial charge in [-0.1, -0.05) is 24.3 Å². The molecule has 2 aromatic carbocycles. The molecule has 0 radical (unpaired) electrons. The summed E-state index contributed by atoms with van der Waals surface area (Å²) < 4.78 is 24.2. The maximum atomic E-state index is 13.3. The van der Waals surface area contributed by atoms with Crippen molar-refractivity contribution in [3.05, 3.63) is 70.7 Å². The summed E-state index contributed by atoms with van der Waals surface area (Å²) in [6, 6.07) is 11.7. The third kappa shape index (κ3) is 3.50. The molecule has 0 saturated carbocycles. The normalized spacial score (nSPS) is 21.5. The number of halogens is 1. The molecule has 0 fully saturated rings. The predicted molar refractivity (Wildman–Crippen MR) is 105 cm³/mol. The molecule has 6 heteroatoms. The zero-order valence-corrected chi connectivity index (χ0v) is 16.3. The van der Waals surface area contributed by atoms with Crippen LogP contribution in [0.2, 0.25) is 0 Å². The van der Waals surface area contributed by atoms with Gasteiger partial charge in [-0.3, -0.25) is 9.59 Å². The van der Waals surface area contributed by atoms with Crippen LogP contribution in [0.1, 0.15) is 42.2 Å². The molecule has 29 heavy (non-hydrogen) atoms. The average molecular weight is 395 g/mol. The van der Waals surface area contributed by atoms with Crippen molar-refractivity contribution in [2.75, 3.05) is 14.2 Å². The first-order valence-corrected chi connectivity index (χ1v) is 9.54. The van der Waals surface area contributed by atoms with Crippen LogP contribution in [0.5, 0.6) is 11.5 Å². The summed E-state index contributed by atoms with van der Waals surface area (Å²) >= 11 is 0. The van der Waals surface area contributed by atoms with Gasteiger partial charge in [0.2, 0.25) is 5.91 Å². The van der Waals surface area contributed by atoms with Crippen LogP contribution in [0.3, 0.4) is 0 Å². The number of amides is 1. The van der Waals surface area contributed by atoms with Gasteiger partial charge in [-0.05, 0) is 36.1 Å². The molecule has 0 unspecified atom stereocenters. The lowest BCUT2D eigenvalue weighted by molar-refractivity contribution is -0.122. The van der Waals surface area contributed by atoms with Crippen molar-refractivity contribution < 1.29 is 23.5 Å². The highest BCUT2D eigenvalue weighted by Crippen LogP contribution is 2.46. The zero-order chi connectivity index (χ0) is 20.5. The molecular formula is C23H22FNO4. The Morgan fingerprint density at radius 3 is 2.41 bits per heavy atom. The molecule has 1 amide bonds. The summed E-state index contributed by atoms with van der Waals surface area (Å²) in [6.07, 6.45) is 1.03. The molecule has 150 valence electrons. The Morgan fingerprint density at radius 1 is 0.966 bits per heavy atom. The van der Waals surface area contributed by atoms with E-state index in [2.05, 4.69) is 5.32 Å². The molecule has 5 nitrogen and oxygen atoms in total. The number of ether oxygens (including phenoxy) is 2. The Kier molecular flexibility index (Phi) is 5.09. The van der Waals surface area contributed by atoms with E-state index in [1.165, 1.54) is 12.1 Å². The number of para-hydroxylation sites is 1. The number of allylic oxidation sites excluding steroid dienone is 2. The van der Waals surface area contributed by atoms with Gasteiger partial charge in [-0.2, -0.15) is 0 Å². The van der Waals surface area contributed by atoms with Crippen LogP contribution in [0, 0.1) is 5.82 Å². The van der Waals surface area contributed by atoms with Gasteiger partial charge >= 0.3 is 0 Å². The van der Waals surface area contributed by atoms with E-state index in [-0.39, 0.29) is 35.8 Å². The Labute approximate surface area is 168 Å². The number of carbonyl (C=O) groups excluding carboxylic acids is 2. The van der Waals surface area contributed by atoms with E-state index in [4.69, 9.17) is 9.47 Å². The van der Waals surface area contributed by atoms with E-state index in [1.54, 1.807) is 32.4 Å². The topological polar surface area (TPSA) is 64.6 Å². The molecule has 1 aliphatic heterocycles. The second kappa shape index (κ2) is 7.70. The zero-order valence-electron chi connectivity index (χ0n) is 16.3. The highest BCUT2D eigenvalue weighted by molar-refractivity contribution is 6.02. The van der Waals surface area contributed by atoms with Gasteiger partial charge in [0.05, 0.1) is 14.2 Å². The monoisotopic (exact) mass is 395 g/mol. The largest absolute Gasteiger partial charge is 0.493 e. The first kappa shape index (κ1) is 19.2. The lowest BCUT2D eigenvalue weighted by Crippen LogP contribution is -2.38. The SMILES string of the molecule is COc1cccc([C@H]2CC(=O)NC3=C2C(=O)C[C@H](c2ccc(F)cc2)C3)c1OC. The first-order chi connectivity index (χ1) is 14.0. The molecule has 0 saturated heterocycles. The molecular weight excluding hydrogens is 373 g/mol. The number of hydrogen-bond donors (Lipinski definition) is 1. The van der Waals surface area contributed by atoms with Gasteiger partial charge in [-0.25, -0.2) is 4.39 Å². The fourth-order valence-electron chi connectivity index (χ4n) is 4.38. The van der Waals surface area contributed by atoms with E-state index in [0.717, 1.165) is 11.1 Å². The second-order valence-corrected chi connectivity index (χ2v) is 7.36. The smallest absolute Gasteiger partial charge is 0.225 e. The van der Waals surface area contributed by atoms with Gasteiger partial charge in [0.15, 0.2) is 17.3 Å². The number of nitrogens with one attached hydrogen (secondary N) is 1. The van der Waals surface area contributed by atoms with Crippen LogP contribution >= 0.6 is 0 Å². The van der Waals surface area contributed by atoms with Crippen molar-refractivity contribution in [1.29, 1.82) is 0 Å². The molecule has 2 aromatic rings. The van der Waals surface area contributed by atoms with Crippen molar-refractivity contribution in [3.63, 3.8) is 0 Å². The molecule has 1 aliphatic carbocycles. The molecule has 1 heterocycles. The summed E-state index contributed by atoms with van der Waals surface area (Å²) in [5.74, 6) is 0.174. The van der Waals surface area contributed by atoms with Crippen molar-refractivity contribution in [2.24, 2.45) is 0 Å². The number of benzene rings is 2. The van der Waals surface area contributed by atoms with Crippen molar-refractivity contribution in [3.8, 4) is 11.5 Å². The van der Waals surface area contributed by atoms with Crippen molar-refractivity contribution in [1.82, 2.24) is 5.32 Å². The third-order valence-corrected chi connectivity index (χ3v) is 5.69. The number of rotatable bonds is 4. The van der Waals surface area contributed by atoms with Gasteiger partial charge in [-0.15, -0.1) is 0 Å². The highest BCUT2D eigenvalue weighted by Gasteiger charge is 2.39. The Hall–Kier alpha value is -3.15. The van der Waals surface area contributed by atoms with E-state index >= 15 is 0 Å². The minimum absolute atomic E-state index is 0.00421. The molecule has 0 spiro atoms. The summed E-state index contributed by atoms with van der Waals surface area (Å²) in [4.78, 5) is 25.6. The summed E-state index contributed by atoms with van der Waals surface area (Å²) in [6.45, 7) is 0. The maximum absolute atomic E-state index is 13.3. The van der Waals surface area contributed by atoms with E-state index in [9.17, 15) is 14.0 Å². The van der Waals surface area contributed by atoms with E-state index < -0.39 is 0 Å². The van der Waals surface area contributed by atoms with E-state index in [1.807, 2.05) is 12.1 Å². The summed E-state index contributed by atoms with van der Waals surface area (Å²) in [7, 11) is 3.10.